The van der Waals surface area contributed by atoms with Crippen molar-refractivity contribution in [2.24, 2.45) is 5.92 Å². The van der Waals surface area contributed by atoms with E-state index in [1.54, 1.807) is 0 Å². The van der Waals surface area contributed by atoms with Crippen LogP contribution in [0.3, 0.4) is 0 Å². The Balaban J connectivity index is 1.81. The van der Waals surface area contributed by atoms with Crippen LogP contribution in [-0.2, 0) is 4.79 Å². The highest BCUT2D eigenvalue weighted by Crippen LogP contribution is 2.26. The van der Waals surface area contributed by atoms with Crippen LogP contribution in [0.2, 0.25) is 0 Å². The first-order chi connectivity index (χ1) is 7.68. The molecule has 0 bridgehead atoms. The number of amides is 1. The van der Waals surface area contributed by atoms with Crippen molar-refractivity contribution in [1.29, 1.82) is 0 Å². The Hall–Kier alpha value is -0.610. The maximum atomic E-state index is 12.1. The molecule has 0 aliphatic carbocycles. The standard InChI is InChI=1S/C12H23N3O/c1-14(2)7-4-8-15-9-11-10(12(15)16)5-3-6-13-11/h10-11,13H,3-9H2,1-2H3. The summed E-state index contributed by atoms with van der Waals surface area (Å²) >= 11 is 0. The summed E-state index contributed by atoms with van der Waals surface area (Å²) in [6, 6.07) is 0.431. The lowest BCUT2D eigenvalue weighted by Gasteiger charge is -2.23. The minimum absolute atomic E-state index is 0.271. The molecule has 2 rings (SSSR count). The van der Waals surface area contributed by atoms with Crippen LogP contribution in [0.25, 0.3) is 0 Å². The van der Waals surface area contributed by atoms with E-state index >= 15 is 0 Å². The molecular weight excluding hydrogens is 202 g/mol. The number of hydrogen-bond donors (Lipinski definition) is 1. The van der Waals surface area contributed by atoms with Gasteiger partial charge in [0.2, 0.25) is 5.91 Å². The van der Waals surface area contributed by atoms with Crippen LogP contribution in [0.4, 0.5) is 0 Å². The van der Waals surface area contributed by atoms with Crippen molar-refractivity contribution >= 4 is 5.91 Å². The van der Waals surface area contributed by atoms with Gasteiger partial charge >= 0.3 is 0 Å². The molecule has 1 N–H and O–H groups in total. The summed E-state index contributed by atoms with van der Waals surface area (Å²) in [6.07, 6.45) is 3.32. The number of carbonyl (C=O) groups excluding carboxylic acids is 1. The number of rotatable bonds is 4. The maximum absolute atomic E-state index is 12.1. The summed E-state index contributed by atoms with van der Waals surface area (Å²) in [7, 11) is 4.15. The van der Waals surface area contributed by atoms with E-state index < -0.39 is 0 Å². The highest BCUT2D eigenvalue weighted by Gasteiger charge is 2.40. The van der Waals surface area contributed by atoms with E-state index in [1.807, 2.05) is 0 Å². The van der Waals surface area contributed by atoms with Gasteiger partial charge < -0.3 is 15.1 Å². The summed E-state index contributed by atoms with van der Waals surface area (Å²) in [5.41, 5.74) is 0. The zero-order chi connectivity index (χ0) is 11.5. The van der Waals surface area contributed by atoms with E-state index in [4.69, 9.17) is 0 Å². The first kappa shape index (κ1) is 11.9. The van der Waals surface area contributed by atoms with Gasteiger partial charge in [-0.15, -0.1) is 0 Å². The van der Waals surface area contributed by atoms with Gasteiger partial charge in [0, 0.05) is 19.1 Å². The third kappa shape index (κ3) is 2.55. The third-order valence-corrected chi connectivity index (χ3v) is 3.66. The number of nitrogens with zero attached hydrogens (tertiary/aromatic N) is 2. The van der Waals surface area contributed by atoms with Crippen molar-refractivity contribution in [2.75, 3.05) is 40.3 Å². The van der Waals surface area contributed by atoms with Gasteiger partial charge in [-0.3, -0.25) is 4.79 Å². The fraction of sp³-hybridized carbons (Fsp3) is 0.917. The molecule has 2 aliphatic heterocycles. The van der Waals surface area contributed by atoms with Gasteiger partial charge in [-0.2, -0.15) is 0 Å². The number of piperidine rings is 1. The van der Waals surface area contributed by atoms with Crippen LogP contribution in [-0.4, -0.2) is 62.0 Å². The van der Waals surface area contributed by atoms with E-state index in [9.17, 15) is 4.79 Å². The minimum atomic E-state index is 0.271. The third-order valence-electron chi connectivity index (χ3n) is 3.66. The fourth-order valence-electron chi connectivity index (χ4n) is 2.78. The second-order valence-corrected chi connectivity index (χ2v) is 5.25. The molecule has 0 aromatic carbocycles. The molecule has 2 atom stereocenters. The molecule has 4 heteroatoms. The molecule has 0 aromatic rings. The highest BCUT2D eigenvalue weighted by atomic mass is 16.2. The molecule has 0 saturated carbocycles. The first-order valence-electron chi connectivity index (χ1n) is 6.35. The molecular formula is C12H23N3O. The summed E-state index contributed by atoms with van der Waals surface area (Å²) in [5.74, 6) is 0.657. The predicted molar refractivity (Wildman–Crippen MR) is 64.3 cm³/mol. The lowest BCUT2D eigenvalue weighted by atomic mass is 9.94. The molecule has 2 saturated heterocycles. The largest absolute Gasteiger partial charge is 0.341 e. The Morgan fingerprint density at radius 1 is 1.50 bits per heavy atom. The summed E-state index contributed by atoms with van der Waals surface area (Å²) < 4.78 is 0. The van der Waals surface area contributed by atoms with Crippen molar-refractivity contribution in [3.63, 3.8) is 0 Å². The van der Waals surface area contributed by atoms with E-state index in [0.29, 0.717) is 11.9 Å². The summed E-state index contributed by atoms with van der Waals surface area (Å²) in [5, 5.41) is 3.47. The van der Waals surface area contributed by atoms with Gasteiger partial charge in [0.25, 0.3) is 0 Å². The van der Waals surface area contributed by atoms with Crippen LogP contribution in [0, 0.1) is 5.92 Å². The number of fused-ring (bicyclic) bond motifs is 1. The van der Waals surface area contributed by atoms with Crippen molar-refractivity contribution in [2.45, 2.75) is 25.3 Å². The Bertz CT molecular complexity index is 255. The van der Waals surface area contributed by atoms with Gasteiger partial charge in [0.1, 0.15) is 0 Å². The molecule has 16 heavy (non-hydrogen) atoms. The molecule has 2 unspecified atom stereocenters. The monoisotopic (exact) mass is 225 g/mol. The number of carbonyl (C=O) groups is 1. The van der Waals surface area contributed by atoms with Crippen molar-refractivity contribution in [1.82, 2.24) is 15.1 Å². The number of hydrogen-bond acceptors (Lipinski definition) is 3. The second kappa shape index (κ2) is 5.15. The zero-order valence-corrected chi connectivity index (χ0v) is 10.4. The van der Waals surface area contributed by atoms with Crippen molar-refractivity contribution < 1.29 is 4.79 Å². The van der Waals surface area contributed by atoms with Crippen molar-refractivity contribution in [3.8, 4) is 0 Å². The van der Waals surface area contributed by atoms with E-state index in [1.165, 1.54) is 0 Å². The molecule has 0 aromatic heterocycles. The Morgan fingerprint density at radius 3 is 3.00 bits per heavy atom. The first-order valence-corrected chi connectivity index (χ1v) is 6.35. The lowest BCUT2D eigenvalue weighted by Crippen LogP contribution is -2.41. The van der Waals surface area contributed by atoms with Gasteiger partial charge in [-0.05, 0) is 46.4 Å². The van der Waals surface area contributed by atoms with Gasteiger partial charge in [-0.1, -0.05) is 0 Å². The van der Waals surface area contributed by atoms with E-state index in [0.717, 1.165) is 45.4 Å². The van der Waals surface area contributed by atoms with E-state index in [2.05, 4.69) is 29.2 Å². The zero-order valence-electron chi connectivity index (χ0n) is 10.4. The molecule has 2 aliphatic rings. The Labute approximate surface area is 98.0 Å². The summed E-state index contributed by atoms with van der Waals surface area (Å²) in [6.45, 7) is 4.00. The molecule has 0 spiro atoms. The molecule has 0 radical (unpaired) electrons. The topological polar surface area (TPSA) is 35.6 Å². The minimum Gasteiger partial charge on any atom is -0.341 e. The van der Waals surface area contributed by atoms with Crippen LogP contribution < -0.4 is 5.32 Å². The number of likely N-dealkylation sites (tertiary alicyclic amines) is 1. The van der Waals surface area contributed by atoms with Crippen LogP contribution in [0.5, 0.6) is 0 Å². The molecule has 2 fully saturated rings. The predicted octanol–water partition coefficient (Wildman–Crippen LogP) is 0.149. The van der Waals surface area contributed by atoms with Gasteiger partial charge in [0.05, 0.1) is 5.92 Å². The van der Waals surface area contributed by atoms with Crippen LogP contribution in [0.1, 0.15) is 19.3 Å². The molecule has 1 amide bonds. The lowest BCUT2D eigenvalue weighted by molar-refractivity contribution is -0.131. The second-order valence-electron chi connectivity index (χ2n) is 5.25. The summed E-state index contributed by atoms with van der Waals surface area (Å²) in [4.78, 5) is 16.3. The molecule has 4 nitrogen and oxygen atoms in total. The smallest absolute Gasteiger partial charge is 0.227 e. The Morgan fingerprint density at radius 2 is 2.31 bits per heavy atom. The van der Waals surface area contributed by atoms with Crippen LogP contribution in [0.15, 0.2) is 0 Å². The average Bonchev–Trinajstić information content (AvgIpc) is 2.56. The van der Waals surface area contributed by atoms with E-state index in [-0.39, 0.29) is 5.92 Å². The quantitative estimate of drug-likeness (QED) is 0.740. The normalized spacial score (nSPS) is 29.9. The number of nitrogens with one attached hydrogen (secondary N) is 1. The molecule has 2 heterocycles. The fourth-order valence-corrected chi connectivity index (χ4v) is 2.78. The SMILES string of the molecule is CN(C)CCCN1CC2NCCCC2C1=O. The molecule has 92 valence electrons. The van der Waals surface area contributed by atoms with Gasteiger partial charge in [-0.25, -0.2) is 0 Å². The van der Waals surface area contributed by atoms with Crippen LogP contribution >= 0.6 is 0 Å². The average molecular weight is 225 g/mol. The Kier molecular flexibility index (Phi) is 3.82. The van der Waals surface area contributed by atoms with Gasteiger partial charge in [0.15, 0.2) is 0 Å². The maximum Gasteiger partial charge on any atom is 0.227 e. The van der Waals surface area contributed by atoms with Crippen molar-refractivity contribution in [3.05, 3.63) is 0 Å². The highest BCUT2D eigenvalue weighted by molar-refractivity contribution is 5.82.